The van der Waals surface area contributed by atoms with E-state index in [0.717, 1.165) is 6.92 Å². The van der Waals surface area contributed by atoms with Crippen LogP contribution in [0.25, 0.3) is 0 Å². The van der Waals surface area contributed by atoms with Gasteiger partial charge in [-0.2, -0.15) is 8.42 Å². The van der Waals surface area contributed by atoms with E-state index >= 15 is 0 Å². The van der Waals surface area contributed by atoms with Crippen molar-refractivity contribution in [3.8, 4) is 0 Å². The molecule has 0 aromatic heterocycles. The monoisotopic (exact) mass is 291 g/mol. The molecular formula is C7H17NO9S. The smallest absolute Gasteiger partial charge is 0.397 e. The van der Waals surface area contributed by atoms with Crippen molar-refractivity contribution in [1.82, 2.24) is 5.32 Å². The molecule has 0 bridgehead atoms. The van der Waals surface area contributed by atoms with Crippen molar-refractivity contribution in [3.05, 3.63) is 0 Å². The largest absolute Gasteiger partial charge is 0.412 e. The Morgan fingerprint density at radius 1 is 1.33 bits per heavy atom. The maximum atomic E-state index is 10.6. The van der Waals surface area contributed by atoms with Gasteiger partial charge in [0.05, 0.1) is 6.61 Å². The van der Waals surface area contributed by atoms with Crippen LogP contribution < -0.4 is 5.32 Å². The summed E-state index contributed by atoms with van der Waals surface area (Å²) in [7, 11) is -4.91. The molecule has 110 valence electrons. The molecule has 10 nitrogen and oxygen atoms in total. The minimum atomic E-state index is -4.91. The van der Waals surface area contributed by atoms with Crippen LogP contribution in [-0.2, 0) is 19.4 Å². The van der Waals surface area contributed by atoms with Gasteiger partial charge in [-0.3, -0.25) is 9.35 Å². The molecule has 0 aliphatic heterocycles. The molecule has 0 unspecified atom stereocenters. The van der Waals surface area contributed by atoms with Crippen LogP contribution in [0.5, 0.6) is 0 Å². The third-order valence-corrected chi connectivity index (χ3v) is 2.20. The Bertz CT molecular complexity index is 343. The highest BCUT2D eigenvalue weighted by atomic mass is 32.3. The third-order valence-electron chi connectivity index (χ3n) is 1.74. The highest BCUT2D eigenvalue weighted by Crippen LogP contribution is 2.08. The van der Waals surface area contributed by atoms with Gasteiger partial charge in [0.15, 0.2) is 0 Å². The van der Waals surface area contributed by atoms with Gasteiger partial charge in [-0.25, -0.2) is 4.18 Å². The first kappa shape index (κ1) is 19.5. The molecule has 0 aromatic rings. The second-order valence-corrected chi connectivity index (χ2v) is 4.29. The molecule has 0 radical (unpaired) electrons. The Balaban J connectivity index is 0. The van der Waals surface area contributed by atoms with Gasteiger partial charge in [0.1, 0.15) is 18.3 Å². The van der Waals surface area contributed by atoms with Crippen LogP contribution in [0.15, 0.2) is 0 Å². The second-order valence-electron chi connectivity index (χ2n) is 3.24. The summed E-state index contributed by atoms with van der Waals surface area (Å²) in [5, 5.41) is 29.4. The first-order valence-corrected chi connectivity index (χ1v) is 5.91. The van der Waals surface area contributed by atoms with E-state index in [1.807, 2.05) is 0 Å². The molecule has 0 rings (SSSR count). The summed E-state index contributed by atoms with van der Waals surface area (Å²) in [6.07, 6.45) is -5.15. The molecule has 0 aromatic carbocycles. The van der Waals surface area contributed by atoms with E-state index in [4.69, 9.17) is 9.66 Å². The lowest BCUT2D eigenvalue weighted by Crippen LogP contribution is -2.47. The van der Waals surface area contributed by atoms with Gasteiger partial charge in [0.2, 0.25) is 5.91 Å². The number of hydrogen-bond acceptors (Lipinski definition) is 7. The first-order chi connectivity index (χ1) is 7.67. The molecule has 0 saturated heterocycles. The van der Waals surface area contributed by atoms with Crippen molar-refractivity contribution < 1.29 is 42.7 Å². The Kier molecular flexibility index (Phi) is 9.01. The molecule has 7 N–H and O–H groups in total. The van der Waals surface area contributed by atoms with Gasteiger partial charge in [0.25, 0.3) is 0 Å². The molecule has 0 aliphatic rings. The van der Waals surface area contributed by atoms with E-state index in [1.54, 1.807) is 0 Å². The molecule has 0 spiro atoms. The summed E-state index contributed by atoms with van der Waals surface area (Å²) in [5.74, 6) is -0.492. The van der Waals surface area contributed by atoms with Gasteiger partial charge in [-0.1, -0.05) is 0 Å². The normalized spacial score (nSPS) is 16.3. The number of rotatable bonds is 7. The van der Waals surface area contributed by atoms with E-state index in [1.165, 1.54) is 0 Å². The number of aliphatic hydroxyl groups is 3. The predicted octanol–water partition coefficient (Wildman–Crippen LogP) is -3.80. The topological polar surface area (TPSA) is 185 Å². The molecular weight excluding hydrogens is 274 g/mol. The van der Waals surface area contributed by atoms with E-state index < -0.39 is 47.8 Å². The van der Waals surface area contributed by atoms with Gasteiger partial charge < -0.3 is 26.1 Å². The van der Waals surface area contributed by atoms with Gasteiger partial charge in [0, 0.05) is 13.5 Å². The quantitative estimate of drug-likeness (QED) is 0.295. The minimum absolute atomic E-state index is 0. The van der Waals surface area contributed by atoms with Crippen LogP contribution in [-0.4, -0.2) is 71.1 Å². The fraction of sp³-hybridized carbons (Fsp3) is 0.857. The summed E-state index contributed by atoms with van der Waals surface area (Å²) in [6, 6.07) is 0. The zero-order valence-corrected chi connectivity index (χ0v) is 10.3. The van der Waals surface area contributed by atoms with Crippen LogP contribution >= 0.6 is 0 Å². The standard InChI is InChI=1S/C7H15NO8S.H2O/c1-4(10)8-2-5(11)7(6(12)3-9)16-17(13,14)15;/h5-7,9,11-12H,2-3H2,1H3,(H,8,10)(H,13,14,15);1H2/t5-,6-,7-;/m1./s1. The number of amides is 1. The SMILES string of the molecule is CC(=O)NC[C@@H](O)[C@@H](OS(=O)(=O)O)[C@H](O)CO.O. The molecule has 0 aliphatic carbocycles. The fourth-order valence-corrected chi connectivity index (χ4v) is 1.53. The molecule has 1 amide bonds. The van der Waals surface area contributed by atoms with E-state index in [-0.39, 0.29) is 5.48 Å². The zero-order valence-electron chi connectivity index (χ0n) is 9.48. The van der Waals surface area contributed by atoms with Gasteiger partial charge in [-0.15, -0.1) is 0 Å². The average molecular weight is 291 g/mol. The number of carbonyl (C=O) groups excluding carboxylic acids is 1. The van der Waals surface area contributed by atoms with Gasteiger partial charge >= 0.3 is 10.4 Å². The van der Waals surface area contributed by atoms with Crippen LogP contribution in [0.4, 0.5) is 0 Å². The molecule has 0 saturated carbocycles. The van der Waals surface area contributed by atoms with Crippen LogP contribution in [0.2, 0.25) is 0 Å². The van der Waals surface area contributed by atoms with Crippen molar-refractivity contribution in [3.63, 3.8) is 0 Å². The molecule has 18 heavy (non-hydrogen) atoms. The average Bonchev–Trinajstić information content (AvgIpc) is 2.20. The fourth-order valence-electron chi connectivity index (χ4n) is 0.993. The third kappa shape index (κ3) is 8.30. The number of aliphatic hydroxyl groups excluding tert-OH is 3. The second kappa shape index (κ2) is 8.31. The number of hydrogen-bond donors (Lipinski definition) is 5. The zero-order chi connectivity index (χ0) is 13.6. The van der Waals surface area contributed by atoms with Crippen molar-refractivity contribution in [2.75, 3.05) is 13.2 Å². The number of carbonyl (C=O) groups is 1. The molecule has 0 fully saturated rings. The lowest BCUT2D eigenvalue weighted by Gasteiger charge is -2.24. The van der Waals surface area contributed by atoms with Gasteiger partial charge in [-0.05, 0) is 0 Å². The Hall–Kier alpha value is -0.820. The van der Waals surface area contributed by atoms with Crippen LogP contribution in [0.3, 0.4) is 0 Å². The van der Waals surface area contributed by atoms with E-state index in [9.17, 15) is 23.4 Å². The van der Waals surface area contributed by atoms with E-state index in [0.29, 0.717) is 0 Å². The predicted molar refractivity (Wildman–Crippen MR) is 57.8 cm³/mol. The lowest BCUT2D eigenvalue weighted by atomic mass is 10.1. The van der Waals surface area contributed by atoms with Crippen molar-refractivity contribution >= 4 is 16.3 Å². The van der Waals surface area contributed by atoms with Crippen LogP contribution in [0.1, 0.15) is 6.92 Å². The Morgan fingerprint density at radius 3 is 2.17 bits per heavy atom. The summed E-state index contributed by atoms with van der Waals surface area (Å²) in [4.78, 5) is 10.6. The Morgan fingerprint density at radius 2 is 1.83 bits per heavy atom. The van der Waals surface area contributed by atoms with Crippen LogP contribution in [0, 0.1) is 0 Å². The van der Waals surface area contributed by atoms with E-state index in [2.05, 4.69) is 9.50 Å². The highest BCUT2D eigenvalue weighted by Gasteiger charge is 2.31. The maximum Gasteiger partial charge on any atom is 0.397 e. The summed E-state index contributed by atoms with van der Waals surface area (Å²) in [6.45, 7) is -0.141. The molecule has 3 atom stereocenters. The van der Waals surface area contributed by atoms with Crippen molar-refractivity contribution in [2.45, 2.75) is 25.2 Å². The van der Waals surface area contributed by atoms with Crippen molar-refractivity contribution in [1.29, 1.82) is 0 Å². The first-order valence-electron chi connectivity index (χ1n) is 4.54. The summed E-state index contributed by atoms with van der Waals surface area (Å²) in [5.41, 5.74) is 0. The van der Waals surface area contributed by atoms with Crippen molar-refractivity contribution in [2.24, 2.45) is 0 Å². The highest BCUT2D eigenvalue weighted by molar-refractivity contribution is 7.80. The molecule has 0 heterocycles. The molecule has 11 heteroatoms. The maximum absolute atomic E-state index is 10.6. The lowest BCUT2D eigenvalue weighted by molar-refractivity contribution is -0.120. The number of nitrogens with one attached hydrogen (secondary N) is 1. The Labute approximate surface area is 103 Å². The minimum Gasteiger partial charge on any atom is -0.412 e. The summed E-state index contributed by atoms with van der Waals surface area (Å²) < 4.78 is 33.3. The summed E-state index contributed by atoms with van der Waals surface area (Å²) >= 11 is 0.